The second-order valence-corrected chi connectivity index (χ2v) is 5.38. The molecule has 100 valence electrons. The van der Waals surface area contributed by atoms with Gasteiger partial charge in [0.15, 0.2) is 0 Å². The van der Waals surface area contributed by atoms with Gasteiger partial charge >= 0.3 is 0 Å². The van der Waals surface area contributed by atoms with E-state index in [-0.39, 0.29) is 18.0 Å². The van der Waals surface area contributed by atoms with Gasteiger partial charge in [0, 0.05) is 18.0 Å². The first-order valence-corrected chi connectivity index (χ1v) is 6.60. The lowest BCUT2D eigenvalue weighted by Gasteiger charge is -2.23. The van der Waals surface area contributed by atoms with E-state index >= 15 is 0 Å². The fourth-order valence-electron chi connectivity index (χ4n) is 2.70. The first kappa shape index (κ1) is 13.5. The number of benzene rings is 1. The Kier molecular flexibility index (Phi) is 3.71. The first-order valence-electron chi connectivity index (χ1n) is 6.60. The molecule has 1 saturated heterocycles. The molecule has 0 bridgehead atoms. The van der Waals surface area contributed by atoms with Crippen LogP contribution in [-0.2, 0) is 5.92 Å². The molecular formula is C15H21F2N. The number of nitrogens with one attached hydrogen (secondary N) is 1. The highest BCUT2D eigenvalue weighted by Gasteiger charge is 2.37. The van der Waals surface area contributed by atoms with Gasteiger partial charge in [-0.25, -0.2) is 8.78 Å². The second-order valence-electron chi connectivity index (χ2n) is 5.38. The van der Waals surface area contributed by atoms with Crippen LogP contribution in [0.1, 0.15) is 41.5 Å². The molecule has 0 amide bonds. The Balaban J connectivity index is 2.25. The van der Waals surface area contributed by atoms with Gasteiger partial charge in [-0.3, -0.25) is 0 Å². The maximum Gasteiger partial charge on any atom is 0.275 e. The van der Waals surface area contributed by atoms with Gasteiger partial charge in [0.1, 0.15) is 0 Å². The average molecular weight is 253 g/mol. The normalized spacial score (nSPS) is 20.4. The van der Waals surface area contributed by atoms with Crippen LogP contribution in [0.5, 0.6) is 0 Å². The summed E-state index contributed by atoms with van der Waals surface area (Å²) in [7, 11) is 0. The fourth-order valence-corrected chi connectivity index (χ4v) is 2.70. The molecule has 18 heavy (non-hydrogen) atoms. The van der Waals surface area contributed by atoms with E-state index in [9.17, 15) is 8.78 Å². The maximum atomic E-state index is 14.3. The minimum Gasteiger partial charge on any atom is -0.314 e. The molecule has 0 spiro atoms. The molecule has 0 aliphatic carbocycles. The van der Waals surface area contributed by atoms with Crippen LogP contribution >= 0.6 is 0 Å². The minimum absolute atomic E-state index is 0.0407. The number of aryl methyl sites for hydroxylation is 1. The molecule has 1 nitrogen and oxygen atoms in total. The van der Waals surface area contributed by atoms with E-state index in [0.29, 0.717) is 0 Å². The van der Waals surface area contributed by atoms with Crippen molar-refractivity contribution in [1.82, 2.24) is 5.32 Å². The fraction of sp³-hybridized carbons (Fsp3) is 0.600. The molecule has 1 heterocycles. The Morgan fingerprint density at radius 1 is 1.22 bits per heavy atom. The lowest BCUT2D eigenvalue weighted by atomic mass is 9.92. The van der Waals surface area contributed by atoms with Crippen molar-refractivity contribution in [3.63, 3.8) is 0 Å². The summed E-state index contributed by atoms with van der Waals surface area (Å²) in [6, 6.07) is 3.35. The largest absolute Gasteiger partial charge is 0.314 e. The highest BCUT2D eigenvalue weighted by atomic mass is 19.3. The molecule has 1 fully saturated rings. The quantitative estimate of drug-likeness (QED) is 0.863. The van der Waals surface area contributed by atoms with Crippen LogP contribution < -0.4 is 5.32 Å². The van der Waals surface area contributed by atoms with Crippen LogP contribution in [0.3, 0.4) is 0 Å². The summed E-state index contributed by atoms with van der Waals surface area (Å²) in [5, 5.41) is 3.15. The van der Waals surface area contributed by atoms with E-state index in [1.807, 2.05) is 13.8 Å². The van der Waals surface area contributed by atoms with Crippen molar-refractivity contribution in [3.05, 3.63) is 34.4 Å². The van der Waals surface area contributed by atoms with Gasteiger partial charge in [-0.1, -0.05) is 12.1 Å². The Morgan fingerprint density at radius 3 is 2.56 bits per heavy atom. The number of halogens is 2. The zero-order chi connectivity index (χ0) is 13.3. The molecule has 0 aromatic heterocycles. The van der Waals surface area contributed by atoms with Crippen LogP contribution in [0.4, 0.5) is 8.78 Å². The molecule has 1 aliphatic heterocycles. The molecular weight excluding hydrogens is 232 g/mol. The maximum absolute atomic E-state index is 14.3. The van der Waals surface area contributed by atoms with Crippen molar-refractivity contribution in [1.29, 1.82) is 0 Å². The third-order valence-electron chi connectivity index (χ3n) is 4.12. The predicted octanol–water partition coefficient (Wildman–Crippen LogP) is 3.85. The Morgan fingerprint density at radius 2 is 1.94 bits per heavy atom. The molecule has 1 aromatic rings. The molecule has 2 rings (SSSR count). The number of hydrogen-bond donors (Lipinski definition) is 1. The Hall–Kier alpha value is -0.960. The predicted molar refractivity (Wildman–Crippen MR) is 70.2 cm³/mol. The SMILES string of the molecule is Cc1ccc(C(F)(F)CC2CCCN2)c(C)c1C. The molecule has 3 heteroatoms. The topological polar surface area (TPSA) is 12.0 Å². The van der Waals surface area contributed by atoms with E-state index in [2.05, 4.69) is 5.32 Å². The standard InChI is InChI=1S/C15H21F2N/c1-10-6-7-14(12(3)11(10)2)15(16,17)9-13-5-4-8-18-13/h6-7,13,18H,4-5,8-9H2,1-3H3. The molecule has 1 aromatic carbocycles. The smallest absolute Gasteiger partial charge is 0.275 e. The van der Waals surface area contributed by atoms with E-state index in [0.717, 1.165) is 36.1 Å². The van der Waals surface area contributed by atoms with Crippen molar-refractivity contribution in [2.75, 3.05) is 6.54 Å². The number of rotatable bonds is 3. The van der Waals surface area contributed by atoms with Gasteiger partial charge in [-0.05, 0) is 56.8 Å². The van der Waals surface area contributed by atoms with Crippen LogP contribution in [0.15, 0.2) is 12.1 Å². The Bertz CT molecular complexity index is 434. The van der Waals surface area contributed by atoms with Crippen LogP contribution in [0.2, 0.25) is 0 Å². The van der Waals surface area contributed by atoms with Crippen LogP contribution in [0.25, 0.3) is 0 Å². The summed E-state index contributed by atoms with van der Waals surface area (Å²) >= 11 is 0. The van der Waals surface area contributed by atoms with Gasteiger partial charge in [-0.2, -0.15) is 0 Å². The third kappa shape index (κ3) is 2.56. The Labute approximate surface area is 108 Å². The van der Waals surface area contributed by atoms with Crippen molar-refractivity contribution in [2.24, 2.45) is 0 Å². The van der Waals surface area contributed by atoms with Gasteiger partial charge in [0.25, 0.3) is 5.92 Å². The molecule has 0 saturated carbocycles. The second kappa shape index (κ2) is 4.96. The average Bonchev–Trinajstić information content (AvgIpc) is 2.77. The minimum atomic E-state index is -2.73. The van der Waals surface area contributed by atoms with Gasteiger partial charge in [0.05, 0.1) is 0 Å². The van der Waals surface area contributed by atoms with Crippen molar-refractivity contribution in [3.8, 4) is 0 Å². The number of hydrogen-bond acceptors (Lipinski definition) is 1. The van der Waals surface area contributed by atoms with E-state index in [1.165, 1.54) is 0 Å². The first-order chi connectivity index (χ1) is 8.42. The third-order valence-corrected chi connectivity index (χ3v) is 4.12. The summed E-state index contributed by atoms with van der Waals surface area (Å²) in [5.41, 5.74) is 2.98. The molecule has 1 unspecified atom stereocenters. The summed E-state index contributed by atoms with van der Waals surface area (Å²) < 4.78 is 28.7. The molecule has 0 radical (unpaired) electrons. The zero-order valence-corrected chi connectivity index (χ0v) is 11.3. The highest BCUT2D eigenvalue weighted by molar-refractivity contribution is 5.41. The van der Waals surface area contributed by atoms with E-state index in [4.69, 9.17) is 0 Å². The lowest BCUT2D eigenvalue weighted by Crippen LogP contribution is -2.29. The van der Waals surface area contributed by atoms with Crippen molar-refractivity contribution >= 4 is 0 Å². The lowest BCUT2D eigenvalue weighted by molar-refractivity contribution is -0.0219. The van der Waals surface area contributed by atoms with Crippen molar-refractivity contribution in [2.45, 2.75) is 52.0 Å². The van der Waals surface area contributed by atoms with Crippen LogP contribution in [-0.4, -0.2) is 12.6 Å². The van der Waals surface area contributed by atoms with Gasteiger partial charge in [0.2, 0.25) is 0 Å². The summed E-state index contributed by atoms with van der Waals surface area (Å²) in [6.45, 7) is 6.54. The zero-order valence-electron chi connectivity index (χ0n) is 11.3. The van der Waals surface area contributed by atoms with E-state index < -0.39 is 5.92 Å². The summed E-state index contributed by atoms with van der Waals surface area (Å²) in [4.78, 5) is 0. The monoisotopic (exact) mass is 253 g/mol. The summed E-state index contributed by atoms with van der Waals surface area (Å²) in [6.07, 6.45) is 1.78. The van der Waals surface area contributed by atoms with Crippen LogP contribution in [0, 0.1) is 20.8 Å². The molecule has 1 aliphatic rings. The highest BCUT2D eigenvalue weighted by Crippen LogP contribution is 2.37. The molecule has 1 N–H and O–H groups in total. The van der Waals surface area contributed by atoms with E-state index in [1.54, 1.807) is 19.1 Å². The van der Waals surface area contributed by atoms with Crippen molar-refractivity contribution < 1.29 is 8.78 Å². The van der Waals surface area contributed by atoms with Gasteiger partial charge in [-0.15, -0.1) is 0 Å². The molecule has 1 atom stereocenters. The van der Waals surface area contributed by atoms with Gasteiger partial charge < -0.3 is 5.32 Å². The number of alkyl halides is 2. The summed E-state index contributed by atoms with van der Waals surface area (Å²) in [5.74, 6) is -2.73.